The van der Waals surface area contributed by atoms with Crippen molar-refractivity contribution in [1.82, 2.24) is 10.6 Å². The van der Waals surface area contributed by atoms with Crippen LogP contribution in [0.25, 0.3) is 11.1 Å². The number of hydrogen-bond donors (Lipinski definition) is 3. The van der Waals surface area contributed by atoms with E-state index in [0.717, 1.165) is 24.3 Å². The summed E-state index contributed by atoms with van der Waals surface area (Å²) in [7, 11) is 0. The van der Waals surface area contributed by atoms with E-state index >= 15 is 0 Å². The number of hydrogen-bond acceptors (Lipinski definition) is 3. The molecule has 0 aliphatic carbocycles. The molecule has 1 amide bonds. The van der Waals surface area contributed by atoms with Crippen LogP contribution < -0.4 is 10.6 Å². The molecule has 27 heavy (non-hydrogen) atoms. The Kier molecular flexibility index (Phi) is 5.48. The highest BCUT2D eigenvalue weighted by Gasteiger charge is 2.31. The predicted molar refractivity (Wildman–Crippen MR) is 91.5 cm³/mol. The number of amides is 1. The fourth-order valence-corrected chi connectivity index (χ4v) is 3.07. The van der Waals surface area contributed by atoms with Gasteiger partial charge in [0, 0.05) is 25.6 Å². The molecule has 1 fully saturated rings. The monoisotopic (exact) mass is 382 g/mol. The third kappa shape index (κ3) is 4.45. The highest BCUT2D eigenvalue weighted by atomic mass is 19.4. The van der Waals surface area contributed by atoms with Crippen LogP contribution in [0.5, 0.6) is 0 Å². The van der Waals surface area contributed by atoms with Gasteiger partial charge in [-0.1, -0.05) is 18.2 Å². The van der Waals surface area contributed by atoms with Crippen molar-refractivity contribution >= 4 is 5.91 Å². The molecule has 1 aliphatic heterocycles. The maximum absolute atomic E-state index is 13.7. The third-order valence-corrected chi connectivity index (χ3v) is 4.56. The summed E-state index contributed by atoms with van der Waals surface area (Å²) >= 11 is 0. The fourth-order valence-electron chi connectivity index (χ4n) is 3.07. The van der Waals surface area contributed by atoms with Crippen LogP contribution in [0.1, 0.15) is 15.9 Å². The van der Waals surface area contributed by atoms with Gasteiger partial charge >= 0.3 is 6.18 Å². The van der Waals surface area contributed by atoms with Gasteiger partial charge < -0.3 is 15.7 Å². The molecule has 0 saturated carbocycles. The largest absolute Gasteiger partial charge is 0.416 e. The van der Waals surface area contributed by atoms with E-state index in [0.29, 0.717) is 13.1 Å². The molecular formula is C19H18F4N2O2. The van der Waals surface area contributed by atoms with Crippen molar-refractivity contribution in [2.75, 3.05) is 19.6 Å². The number of halogens is 4. The van der Waals surface area contributed by atoms with Crippen LogP contribution in [0.3, 0.4) is 0 Å². The Balaban J connectivity index is 1.88. The van der Waals surface area contributed by atoms with E-state index in [1.165, 1.54) is 18.2 Å². The zero-order valence-corrected chi connectivity index (χ0v) is 14.2. The third-order valence-electron chi connectivity index (χ3n) is 4.56. The molecule has 2 atom stereocenters. The smallest absolute Gasteiger partial charge is 0.391 e. The number of aliphatic hydroxyl groups excluding tert-OH is 1. The molecule has 1 heterocycles. The van der Waals surface area contributed by atoms with Gasteiger partial charge in [0.05, 0.1) is 17.2 Å². The number of β-amino-alcohol motifs (C(OH)–C–C–N with tert-alkyl or cyclic N) is 1. The molecule has 8 heteroatoms. The summed E-state index contributed by atoms with van der Waals surface area (Å²) in [5.41, 5.74) is -0.548. The Morgan fingerprint density at radius 1 is 1.19 bits per heavy atom. The van der Waals surface area contributed by atoms with E-state index in [1.54, 1.807) is 0 Å². The number of rotatable bonds is 4. The van der Waals surface area contributed by atoms with Crippen LogP contribution in [0.15, 0.2) is 42.5 Å². The van der Waals surface area contributed by atoms with Gasteiger partial charge in [-0.05, 0) is 35.4 Å². The summed E-state index contributed by atoms with van der Waals surface area (Å²) in [5, 5.41) is 15.4. The Labute approximate surface area is 153 Å². The van der Waals surface area contributed by atoms with Crippen LogP contribution in [0.2, 0.25) is 0 Å². The summed E-state index contributed by atoms with van der Waals surface area (Å²) in [6, 6.07) is 7.90. The number of aliphatic hydroxyl groups is 1. The van der Waals surface area contributed by atoms with E-state index in [2.05, 4.69) is 10.6 Å². The van der Waals surface area contributed by atoms with E-state index in [-0.39, 0.29) is 29.2 Å². The van der Waals surface area contributed by atoms with Crippen molar-refractivity contribution in [3.8, 4) is 11.1 Å². The highest BCUT2D eigenvalue weighted by molar-refractivity contribution is 6.01. The van der Waals surface area contributed by atoms with E-state index in [9.17, 15) is 27.5 Å². The molecule has 3 rings (SSSR count). The lowest BCUT2D eigenvalue weighted by Crippen LogP contribution is -2.34. The van der Waals surface area contributed by atoms with E-state index < -0.39 is 29.6 Å². The van der Waals surface area contributed by atoms with Gasteiger partial charge in [-0.15, -0.1) is 0 Å². The average molecular weight is 382 g/mol. The van der Waals surface area contributed by atoms with Gasteiger partial charge in [-0.25, -0.2) is 4.39 Å². The molecule has 0 spiro atoms. The average Bonchev–Trinajstić information content (AvgIpc) is 3.04. The Morgan fingerprint density at radius 2 is 1.96 bits per heavy atom. The number of carbonyl (C=O) groups excluding carboxylic acids is 1. The normalized spacial score (nSPS) is 19.9. The molecule has 0 aromatic heterocycles. The Bertz CT molecular complexity index is 839. The maximum Gasteiger partial charge on any atom is 0.416 e. The van der Waals surface area contributed by atoms with Crippen molar-refractivity contribution < 1.29 is 27.5 Å². The van der Waals surface area contributed by atoms with Crippen molar-refractivity contribution in [2.24, 2.45) is 5.92 Å². The van der Waals surface area contributed by atoms with Crippen LogP contribution >= 0.6 is 0 Å². The molecule has 4 nitrogen and oxygen atoms in total. The van der Waals surface area contributed by atoms with Crippen LogP contribution in [-0.2, 0) is 6.18 Å². The van der Waals surface area contributed by atoms with Gasteiger partial charge in [0.2, 0.25) is 0 Å². The number of carbonyl (C=O) groups is 1. The lowest BCUT2D eigenvalue weighted by atomic mass is 9.97. The quantitative estimate of drug-likeness (QED) is 0.713. The van der Waals surface area contributed by atoms with Crippen LogP contribution in [-0.4, -0.2) is 36.8 Å². The summed E-state index contributed by atoms with van der Waals surface area (Å²) in [4.78, 5) is 12.5. The minimum absolute atomic E-state index is 0.0604. The van der Waals surface area contributed by atoms with Gasteiger partial charge in [0.1, 0.15) is 5.82 Å². The first-order valence-corrected chi connectivity index (χ1v) is 8.40. The predicted octanol–water partition coefficient (Wildman–Crippen LogP) is 2.82. The molecule has 1 aliphatic rings. The van der Waals surface area contributed by atoms with Gasteiger partial charge in [0.25, 0.3) is 5.91 Å². The lowest BCUT2D eigenvalue weighted by molar-refractivity contribution is -0.137. The second-order valence-electron chi connectivity index (χ2n) is 6.46. The maximum atomic E-state index is 13.7. The van der Waals surface area contributed by atoms with Gasteiger partial charge in [0.15, 0.2) is 0 Å². The van der Waals surface area contributed by atoms with Gasteiger partial charge in [-0.2, -0.15) is 13.2 Å². The Hall–Kier alpha value is -2.45. The second-order valence-corrected chi connectivity index (χ2v) is 6.46. The molecule has 1 saturated heterocycles. The van der Waals surface area contributed by atoms with E-state index in [1.807, 2.05) is 0 Å². The zero-order chi connectivity index (χ0) is 19.6. The van der Waals surface area contributed by atoms with Crippen LogP contribution in [0, 0.1) is 11.7 Å². The SMILES string of the molecule is O=C(NCC1CNCC1O)c1cc(F)ccc1-c1cccc(C(F)(F)F)c1. The van der Waals surface area contributed by atoms with Crippen molar-refractivity contribution in [3.05, 3.63) is 59.4 Å². The van der Waals surface area contributed by atoms with E-state index in [4.69, 9.17) is 0 Å². The molecule has 2 aromatic carbocycles. The summed E-state index contributed by atoms with van der Waals surface area (Å²) in [6.45, 7) is 1.13. The molecule has 3 N–H and O–H groups in total. The molecule has 0 radical (unpaired) electrons. The standard InChI is InChI=1S/C19H18F4N2O2/c20-14-4-5-15(11-2-1-3-13(6-11)19(21,22)23)16(7-14)18(27)25-9-12-8-24-10-17(12)26/h1-7,12,17,24,26H,8-10H2,(H,25,27). The summed E-state index contributed by atoms with van der Waals surface area (Å²) < 4.78 is 52.6. The molecule has 144 valence electrons. The number of benzene rings is 2. The Morgan fingerprint density at radius 3 is 2.63 bits per heavy atom. The minimum atomic E-state index is -4.52. The topological polar surface area (TPSA) is 61.4 Å². The highest BCUT2D eigenvalue weighted by Crippen LogP contribution is 2.33. The lowest BCUT2D eigenvalue weighted by Gasteiger charge is -2.16. The summed E-state index contributed by atoms with van der Waals surface area (Å²) in [5.74, 6) is -1.46. The first-order valence-electron chi connectivity index (χ1n) is 8.40. The second kappa shape index (κ2) is 7.66. The zero-order valence-electron chi connectivity index (χ0n) is 14.2. The fraction of sp³-hybridized carbons (Fsp3) is 0.316. The van der Waals surface area contributed by atoms with Crippen LogP contribution in [0.4, 0.5) is 17.6 Å². The molecule has 2 unspecified atom stereocenters. The number of alkyl halides is 3. The summed E-state index contributed by atoms with van der Waals surface area (Å²) in [6.07, 6.45) is -5.12. The first-order chi connectivity index (χ1) is 12.8. The van der Waals surface area contributed by atoms with Crippen molar-refractivity contribution in [2.45, 2.75) is 12.3 Å². The van der Waals surface area contributed by atoms with Crippen molar-refractivity contribution in [1.29, 1.82) is 0 Å². The number of nitrogens with one attached hydrogen (secondary N) is 2. The van der Waals surface area contributed by atoms with Gasteiger partial charge in [-0.3, -0.25) is 4.79 Å². The van der Waals surface area contributed by atoms with Crippen molar-refractivity contribution in [3.63, 3.8) is 0 Å². The molecule has 0 bridgehead atoms. The molecular weight excluding hydrogens is 364 g/mol. The first kappa shape index (κ1) is 19.3. The minimum Gasteiger partial charge on any atom is -0.391 e. The molecule has 2 aromatic rings.